The predicted molar refractivity (Wildman–Crippen MR) is 75.9 cm³/mol. The zero-order valence-corrected chi connectivity index (χ0v) is 12.5. The van der Waals surface area contributed by atoms with Crippen LogP contribution in [-0.4, -0.2) is 32.9 Å². The fourth-order valence-corrected chi connectivity index (χ4v) is 4.84. The van der Waals surface area contributed by atoms with Gasteiger partial charge in [-0.05, 0) is 25.0 Å². The van der Waals surface area contributed by atoms with E-state index < -0.39 is 21.2 Å². The first kappa shape index (κ1) is 14.6. The summed E-state index contributed by atoms with van der Waals surface area (Å²) in [6, 6.07) is 8.25. The number of benzene rings is 1. The van der Waals surface area contributed by atoms with E-state index in [-0.39, 0.29) is 4.90 Å². The average Bonchev–Trinajstić information content (AvgIpc) is 2.47. The van der Waals surface area contributed by atoms with Crippen molar-refractivity contribution in [3.8, 4) is 0 Å². The monoisotopic (exact) mass is 302 g/mol. The number of hydrogen-bond donors (Lipinski definition) is 0. The molecule has 1 saturated heterocycles. The first-order chi connectivity index (χ1) is 9.13. The van der Waals surface area contributed by atoms with Gasteiger partial charge in [-0.25, -0.2) is 4.31 Å². The molecule has 5 nitrogen and oxygen atoms in total. The highest BCUT2D eigenvalue weighted by atomic mass is 32.3. The van der Waals surface area contributed by atoms with E-state index in [0.29, 0.717) is 0 Å². The smallest absolute Gasteiger partial charge is 0.290 e. The van der Waals surface area contributed by atoms with Crippen LogP contribution in [0.5, 0.6) is 0 Å². The Labute approximate surface area is 117 Å². The van der Waals surface area contributed by atoms with E-state index >= 15 is 0 Å². The molecule has 0 N–H and O–H groups in total. The van der Waals surface area contributed by atoms with E-state index in [1.165, 1.54) is 13.5 Å². The predicted octanol–water partition coefficient (Wildman–Crippen LogP) is 2.14. The molecule has 0 aromatic heterocycles. The molecule has 0 saturated carbocycles. The van der Waals surface area contributed by atoms with Crippen molar-refractivity contribution in [3.05, 3.63) is 30.3 Å². The summed E-state index contributed by atoms with van der Waals surface area (Å²) in [6.45, 7) is 1.68. The van der Waals surface area contributed by atoms with Gasteiger partial charge < -0.3 is 0 Å². The molecule has 0 amide bonds. The van der Waals surface area contributed by atoms with Gasteiger partial charge in [0.2, 0.25) is 0 Å². The molecule has 1 aliphatic heterocycles. The molecule has 1 unspecified atom stereocenters. The summed E-state index contributed by atoms with van der Waals surface area (Å²) in [5.74, 6) is 0. The number of piperidine rings is 1. The lowest BCUT2D eigenvalue weighted by Crippen LogP contribution is -2.32. The van der Waals surface area contributed by atoms with E-state index in [4.69, 9.17) is 4.18 Å². The molecule has 19 heavy (non-hydrogen) atoms. The SMILES string of the molecule is COS(=NS(=O)(=O)c1ccccc1)N1CCCCC1. The van der Waals surface area contributed by atoms with Gasteiger partial charge in [0.15, 0.2) is 0 Å². The minimum absolute atomic E-state index is 0.210. The van der Waals surface area contributed by atoms with Crippen LogP contribution >= 0.6 is 0 Å². The van der Waals surface area contributed by atoms with Crippen molar-refractivity contribution in [1.82, 2.24) is 4.31 Å². The Morgan fingerprint density at radius 3 is 2.37 bits per heavy atom. The molecular weight excluding hydrogens is 284 g/mol. The van der Waals surface area contributed by atoms with E-state index in [1.807, 2.05) is 4.31 Å². The fourth-order valence-electron chi connectivity index (χ4n) is 1.92. The zero-order chi connectivity index (χ0) is 13.7. The van der Waals surface area contributed by atoms with Crippen LogP contribution in [0, 0.1) is 0 Å². The van der Waals surface area contributed by atoms with Crippen molar-refractivity contribution in [2.24, 2.45) is 3.77 Å². The Kier molecular flexibility index (Phi) is 5.09. The standard InChI is InChI=1S/C12H18N2O3S2/c1-17-18(14-10-6-3-7-11-14)13-19(15,16)12-8-4-2-5-9-12/h2,4-5,8-9H,3,6-7,10-11H2,1H3. The lowest BCUT2D eigenvalue weighted by atomic mass is 10.2. The van der Waals surface area contributed by atoms with Gasteiger partial charge in [-0.3, -0.25) is 4.18 Å². The lowest BCUT2D eigenvalue weighted by Gasteiger charge is -2.26. The van der Waals surface area contributed by atoms with Gasteiger partial charge in [0, 0.05) is 13.1 Å². The molecule has 1 aromatic rings. The van der Waals surface area contributed by atoms with E-state index in [9.17, 15) is 8.42 Å². The molecule has 106 valence electrons. The van der Waals surface area contributed by atoms with E-state index in [2.05, 4.69) is 3.77 Å². The summed E-state index contributed by atoms with van der Waals surface area (Å²) in [6.07, 6.45) is 3.31. The second-order valence-electron chi connectivity index (χ2n) is 4.25. The largest absolute Gasteiger partial charge is 0.297 e. The van der Waals surface area contributed by atoms with Gasteiger partial charge in [0.1, 0.15) is 11.2 Å². The molecule has 2 rings (SSSR count). The number of rotatable bonds is 4. The van der Waals surface area contributed by atoms with Crippen molar-refractivity contribution in [3.63, 3.8) is 0 Å². The molecule has 0 radical (unpaired) electrons. The Balaban J connectivity index is 2.26. The van der Waals surface area contributed by atoms with Crippen molar-refractivity contribution in [1.29, 1.82) is 0 Å². The van der Waals surface area contributed by atoms with Crippen LogP contribution in [0.1, 0.15) is 19.3 Å². The van der Waals surface area contributed by atoms with Crippen LogP contribution in [-0.2, 0) is 25.4 Å². The topological polar surface area (TPSA) is 59.0 Å². The molecular formula is C12H18N2O3S2. The minimum Gasteiger partial charge on any atom is -0.297 e. The maximum atomic E-state index is 12.2. The molecule has 1 aromatic carbocycles. The molecule has 0 spiro atoms. The van der Waals surface area contributed by atoms with Crippen LogP contribution in [0.15, 0.2) is 39.0 Å². The molecule has 1 heterocycles. The van der Waals surface area contributed by atoms with Crippen molar-refractivity contribution in [2.45, 2.75) is 24.2 Å². The molecule has 7 heteroatoms. The first-order valence-electron chi connectivity index (χ1n) is 6.20. The van der Waals surface area contributed by atoms with E-state index in [1.54, 1.807) is 30.3 Å². The third kappa shape index (κ3) is 3.85. The maximum Gasteiger partial charge on any atom is 0.290 e. The van der Waals surface area contributed by atoms with Crippen LogP contribution in [0.3, 0.4) is 0 Å². The van der Waals surface area contributed by atoms with Gasteiger partial charge in [0.05, 0.1) is 12.0 Å². The van der Waals surface area contributed by atoms with Crippen molar-refractivity contribution in [2.75, 3.05) is 20.2 Å². The zero-order valence-electron chi connectivity index (χ0n) is 10.9. The third-order valence-electron chi connectivity index (χ3n) is 2.89. The van der Waals surface area contributed by atoms with Crippen LogP contribution < -0.4 is 0 Å². The highest BCUT2D eigenvalue weighted by Gasteiger charge is 2.19. The Morgan fingerprint density at radius 2 is 1.79 bits per heavy atom. The highest BCUT2D eigenvalue weighted by Crippen LogP contribution is 2.17. The van der Waals surface area contributed by atoms with Crippen LogP contribution in [0.2, 0.25) is 0 Å². The lowest BCUT2D eigenvalue weighted by molar-refractivity contribution is 0.337. The molecule has 1 fully saturated rings. The van der Waals surface area contributed by atoms with E-state index in [0.717, 1.165) is 25.9 Å². The van der Waals surface area contributed by atoms with Gasteiger partial charge in [-0.1, -0.05) is 28.4 Å². The third-order valence-corrected chi connectivity index (χ3v) is 6.16. The first-order valence-corrected chi connectivity index (χ1v) is 8.71. The average molecular weight is 302 g/mol. The summed E-state index contributed by atoms with van der Waals surface area (Å²) in [4.78, 5) is 0.210. The van der Waals surface area contributed by atoms with Gasteiger partial charge >= 0.3 is 0 Å². The van der Waals surface area contributed by atoms with Crippen LogP contribution in [0.4, 0.5) is 0 Å². The molecule has 1 aliphatic rings. The Hall–Kier alpha value is -0.760. The molecule has 0 bridgehead atoms. The van der Waals surface area contributed by atoms with Crippen molar-refractivity contribution >= 4 is 21.2 Å². The fraction of sp³-hybridized carbons (Fsp3) is 0.500. The molecule has 0 aliphatic carbocycles. The highest BCUT2D eigenvalue weighted by molar-refractivity contribution is 7.97. The van der Waals surface area contributed by atoms with Gasteiger partial charge in [0.25, 0.3) is 10.0 Å². The normalized spacial score (nSPS) is 19.4. The summed E-state index contributed by atoms with van der Waals surface area (Å²) >= 11 is -1.02. The maximum absolute atomic E-state index is 12.2. The second-order valence-corrected chi connectivity index (χ2v) is 7.58. The minimum atomic E-state index is -3.65. The summed E-state index contributed by atoms with van der Waals surface area (Å²) in [5, 5.41) is 0. The Morgan fingerprint density at radius 1 is 1.16 bits per heavy atom. The number of nitrogens with zero attached hydrogens (tertiary/aromatic N) is 2. The number of sulfonamides is 1. The van der Waals surface area contributed by atoms with Crippen LogP contribution in [0.25, 0.3) is 0 Å². The van der Waals surface area contributed by atoms with Gasteiger partial charge in [-0.2, -0.15) is 8.42 Å². The summed E-state index contributed by atoms with van der Waals surface area (Å²) < 4.78 is 35.5. The summed E-state index contributed by atoms with van der Waals surface area (Å²) in [7, 11) is -2.15. The summed E-state index contributed by atoms with van der Waals surface area (Å²) in [5.41, 5.74) is 0. The quantitative estimate of drug-likeness (QED) is 0.855. The molecule has 1 atom stereocenters. The number of hydrogen-bond acceptors (Lipinski definition) is 3. The van der Waals surface area contributed by atoms with Crippen molar-refractivity contribution < 1.29 is 12.6 Å². The Bertz CT molecular complexity index is 537. The van der Waals surface area contributed by atoms with Gasteiger partial charge in [-0.15, -0.1) is 0 Å². The second kappa shape index (κ2) is 6.60.